The molecule has 0 saturated heterocycles. The number of tetrazole rings is 1. The molecular formula is C13H13N5O. The van der Waals surface area contributed by atoms with E-state index in [2.05, 4.69) is 27.3 Å². The largest absolute Gasteiger partial charge is 0.288 e. The Morgan fingerprint density at radius 1 is 1.37 bits per heavy atom. The van der Waals surface area contributed by atoms with E-state index in [0.29, 0.717) is 6.54 Å². The molecule has 19 heavy (non-hydrogen) atoms. The normalized spacial score (nSPS) is 10.5. The number of hydrogen-bond acceptors (Lipinski definition) is 4. The Balaban J connectivity index is 1.93. The van der Waals surface area contributed by atoms with E-state index in [0.717, 1.165) is 5.56 Å². The third-order valence-corrected chi connectivity index (χ3v) is 2.21. The highest BCUT2D eigenvalue weighted by atomic mass is 16.1. The van der Waals surface area contributed by atoms with E-state index < -0.39 is 0 Å². The van der Waals surface area contributed by atoms with Crippen LogP contribution in [0.25, 0.3) is 6.08 Å². The van der Waals surface area contributed by atoms with E-state index in [1.165, 1.54) is 10.9 Å². The van der Waals surface area contributed by atoms with Gasteiger partial charge in [0.1, 0.15) is 0 Å². The Labute approximate surface area is 110 Å². The van der Waals surface area contributed by atoms with Gasteiger partial charge < -0.3 is 0 Å². The summed E-state index contributed by atoms with van der Waals surface area (Å²) in [6.45, 7) is 4.01. The minimum absolute atomic E-state index is 0.171. The Hall–Kier alpha value is -2.76. The molecule has 0 aliphatic heterocycles. The van der Waals surface area contributed by atoms with Gasteiger partial charge in [0.05, 0.1) is 6.54 Å². The Morgan fingerprint density at radius 2 is 2.16 bits per heavy atom. The van der Waals surface area contributed by atoms with Crippen LogP contribution in [0, 0.1) is 0 Å². The van der Waals surface area contributed by atoms with Crippen molar-refractivity contribution < 1.29 is 4.79 Å². The summed E-state index contributed by atoms with van der Waals surface area (Å²) in [5, 5.41) is 13.9. The van der Waals surface area contributed by atoms with Crippen molar-refractivity contribution in [1.82, 2.24) is 20.2 Å². The molecule has 0 unspecified atom stereocenters. The summed E-state index contributed by atoms with van der Waals surface area (Å²) >= 11 is 0. The number of hydrogen-bond donors (Lipinski definition) is 1. The number of nitrogens with one attached hydrogen (secondary N) is 1. The molecule has 1 amide bonds. The first-order valence-corrected chi connectivity index (χ1v) is 5.71. The number of amides is 1. The summed E-state index contributed by atoms with van der Waals surface area (Å²) in [6.07, 6.45) is 4.77. The van der Waals surface area contributed by atoms with Crippen LogP contribution in [-0.4, -0.2) is 26.1 Å². The molecule has 1 heterocycles. The lowest BCUT2D eigenvalue weighted by Gasteiger charge is -1.94. The number of anilines is 1. The summed E-state index contributed by atoms with van der Waals surface area (Å²) in [7, 11) is 0. The van der Waals surface area contributed by atoms with Gasteiger partial charge in [-0.15, -0.1) is 11.7 Å². The first-order valence-electron chi connectivity index (χ1n) is 5.71. The monoisotopic (exact) mass is 255 g/mol. The summed E-state index contributed by atoms with van der Waals surface area (Å²) in [5.74, 6) is -0.133. The summed E-state index contributed by atoms with van der Waals surface area (Å²) in [5.41, 5.74) is 0.945. The Bertz CT molecular complexity index is 588. The van der Waals surface area contributed by atoms with E-state index in [4.69, 9.17) is 0 Å². The van der Waals surface area contributed by atoms with Gasteiger partial charge in [-0.1, -0.05) is 41.5 Å². The van der Waals surface area contributed by atoms with Gasteiger partial charge in [-0.3, -0.25) is 10.1 Å². The van der Waals surface area contributed by atoms with Gasteiger partial charge >= 0.3 is 0 Å². The second-order valence-electron chi connectivity index (χ2n) is 3.69. The number of carbonyl (C=O) groups is 1. The van der Waals surface area contributed by atoms with Gasteiger partial charge in [-0.05, 0) is 16.9 Å². The van der Waals surface area contributed by atoms with Crippen molar-refractivity contribution in [2.75, 3.05) is 5.32 Å². The zero-order valence-corrected chi connectivity index (χ0v) is 10.2. The molecule has 0 saturated carbocycles. The predicted molar refractivity (Wildman–Crippen MR) is 72.1 cm³/mol. The topological polar surface area (TPSA) is 72.7 Å². The number of carbonyl (C=O) groups excluding carboxylic acids is 1. The lowest BCUT2D eigenvalue weighted by molar-refractivity contribution is -0.111. The van der Waals surface area contributed by atoms with Crippen molar-refractivity contribution >= 4 is 17.9 Å². The van der Waals surface area contributed by atoms with Gasteiger partial charge in [0, 0.05) is 6.08 Å². The lowest BCUT2D eigenvalue weighted by atomic mass is 10.2. The highest BCUT2D eigenvalue weighted by Crippen LogP contribution is 2.01. The van der Waals surface area contributed by atoms with Crippen LogP contribution in [0.4, 0.5) is 5.95 Å². The van der Waals surface area contributed by atoms with Gasteiger partial charge in [-0.25, -0.2) is 0 Å². The molecule has 2 aromatic rings. The van der Waals surface area contributed by atoms with Crippen molar-refractivity contribution in [2.45, 2.75) is 6.54 Å². The average molecular weight is 255 g/mol. The zero-order chi connectivity index (χ0) is 13.5. The van der Waals surface area contributed by atoms with Crippen LogP contribution in [0.15, 0.2) is 49.1 Å². The number of nitrogens with zero attached hydrogens (tertiary/aromatic N) is 4. The van der Waals surface area contributed by atoms with E-state index in [1.807, 2.05) is 30.3 Å². The lowest BCUT2D eigenvalue weighted by Crippen LogP contribution is -2.09. The van der Waals surface area contributed by atoms with Gasteiger partial charge in [-0.2, -0.15) is 4.80 Å². The molecule has 0 aliphatic carbocycles. The highest BCUT2D eigenvalue weighted by molar-refractivity contribution is 6.00. The number of aromatic nitrogens is 4. The number of rotatable bonds is 5. The Kier molecular flexibility index (Phi) is 4.17. The fourth-order valence-corrected chi connectivity index (χ4v) is 1.37. The zero-order valence-electron chi connectivity index (χ0n) is 10.2. The van der Waals surface area contributed by atoms with Crippen LogP contribution in [0.1, 0.15) is 5.56 Å². The van der Waals surface area contributed by atoms with E-state index in [1.54, 1.807) is 12.2 Å². The fraction of sp³-hybridized carbons (Fsp3) is 0.0769. The smallest absolute Gasteiger partial charge is 0.270 e. The maximum atomic E-state index is 11.6. The van der Waals surface area contributed by atoms with E-state index in [9.17, 15) is 4.79 Å². The standard InChI is InChI=1S/C13H13N5O/c1-2-10-18-16-13(15-17-18)14-12(19)9-8-11-6-4-3-5-7-11/h2-9H,1,10H2,(H,14,16,19)/b9-8+. The van der Waals surface area contributed by atoms with Crippen molar-refractivity contribution in [3.63, 3.8) is 0 Å². The van der Waals surface area contributed by atoms with E-state index >= 15 is 0 Å². The molecule has 96 valence electrons. The van der Waals surface area contributed by atoms with Gasteiger partial charge in [0.2, 0.25) is 0 Å². The molecule has 0 aliphatic rings. The number of allylic oxidation sites excluding steroid dienone is 1. The van der Waals surface area contributed by atoms with Crippen molar-refractivity contribution in [1.29, 1.82) is 0 Å². The molecule has 1 aromatic carbocycles. The maximum absolute atomic E-state index is 11.6. The van der Waals surface area contributed by atoms with Crippen LogP contribution in [0.5, 0.6) is 0 Å². The minimum atomic E-state index is -0.304. The minimum Gasteiger partial charge on any atom is -0.288 e. The molecule has 0 bridgehead atoms. The predicted octanol–water partition coefficient (Wildman–Crippen LogP) is 1.51. The molecular weight excluding hydrogens is 242 g/mol. The molecule has 0 spiro atoms. The SMILES string of the molecule is C=CCn1nnc(NC(=O)/C=C/c2ccccc2)n1. The molecule has 1 N–H and O–H groups in total. The quantitative estimate of drug-likeness (QED) is 0.649. The van der Waals surface area contributed by atoms with Crippen LogP contribution in [-0.2, 0) is 11.3 Å². The molecule has 0 radical (unpaired) electrons. The molecule has 6 nitrogen and oxygen atoms in total. The molecule has 2 rings (SSSR count). The average Bonchev–Trinajstić information content (AvgIpc) is 2.85. The third kappa shape index (κ3) is 3.88. The van der Waals surface area contributed by atoms with Crippen molar-refractivity contribution in [2.24, 2.45) is 0 Å². The summed E-state index contributed by atoms with van der Waals surface area (Å²) in [6, 6.07) is 9.53. The Morgan fingerprint density at radius 3 is 2.89 bits per heavy atom. The van der Waals surface area contributed by atoms with Crippen LogP contribution in [0.3, 0.4) is 0 Å². The molecule has 1 aromatic heterocycles. The third-order valence-electron chi connectivity index (χ3n) is 2.21. The first-order chi connectivity index (χ1) is 9.28. The van der Waals surface area contributed by atoms with Gasteiger partial charge in [0.25, 0.3) is 11.9 Å². The molecule has 6 heteroatoms. The van der Waals surface area contributed by atoms with Gasteiger partial charge in [0.15, 0.2) is 0 Å². The van der Waals surface area contributed by atoms with Crippen LogP contribution < -0.4 is 5.32 Å². The molecule has 0 fully saturated rings. The second kappa shape index (κ2) is 6.25. The second-order valence-corrected chi connectivity index (χ2v) is 3.69. The first kappa shape index (κ1) is 12.7. The summed E-state index contributed by atoms with van der Waals surface area (Å²) in [4.78, 5) is 13.0. The summed E-state index contributed by atoms with van der Waals surface area (Å²) < 4.78 is 0. The molecule has 0 atom stereocenters. The number of benzene rings is 1. The van der Waals surface area contributed by atoms with Crippen molar-refractivity contribution in [3.05, 3.63) is 54.6 Å². The maximum Gasteiger partial charge on any atom is 0.270 e. The van der Waals surface area contributed by atoms with Crippen LogP contribution in [0.2, 0.25) is 0 Å². The van der Waals surface area contributed by atoms with Crippen molar-refractivity contribution in [3.8, 4) is 0 Å². The van der Waals surface area contributed by atoms with Crippen LogP contribution >= 0.6 is 0 Å². The fourth-order valence-electron chi connectivity index (χ4n) is 1.37. The van der Waals surface area contributed by atoms with E-state index in [-0.39, 0.29) is 11.9 Å². The highest BCUT2D eigenvalue weighted by Gasteiger charge is 2.03.